The van der Waals surface area contributed by atoms with E-state index in [0.29, 0.717) is 13.0 Å². The third-order valence-electron chi connectivity index (χ3n) is 4.10. The molecule has 1 aromatic heterocycles. The van der Waals surface area contributed by atoms with Crippen molar-refractivity contribution in [2.45, 2.75) is 59.7 Å². The summed E-state index contributed by atoms with van der Waals surface area (Å²) < 4.78 is 2.24. The van der Waals surface area contributed by atoms with E-state index in [9.17, 15) is 4.79 Å². The Bertz CT molecular complexity index is 643. The zero-order valence-electron chi connectivity index (χ0n) is 14.7. The van der Waals surface area contributed by atoms with Crippen LogP contribution in [0, 0.1) is 6.92 Å². The maximum atomic E-state index is 12.3. The molecule has 124 valence electrons. The molecule has 0 atom stereocenters. The molecule has 0 aliphatic carbocycles. The minimum absolute atomic E-state index is 0.219. The third kappa shape index (κ3) is 4.72. The lowest BCUT2D eigenvalue weighted by molar-refractivity contribution is -0.133. The summed E-state index contributed by atoms with van der Waals surface area (Å²) in [6, 6.07) is 13.0. The number of aryl methyl sites for hydroxylation is 1. The van der Waals surface area contributed by atoms with Crippen LogP contribution in [-0.2, 0) is 17.9 Å². The maximum Gasteiger partial charge on any atom is 0.223 e. The SMILES string of the molecule is CCCC(=O)N(Cc1cccn1Cc1cccc(C)c1)C(C)C. The quantitative estimate of drug-likeness (QED) is 0.744. The molecule has 0 fully saturated rings. The monoisotopic (exact) mass is 312 g/mol. The molecule has 0 N–H and O–H groups in total. The number of rotatable bonds is 7. The Morgan fingerprint density at radius 2 is 2.00 bits per heavy atom. The topological polar surface area (TPSA) is 25.2 Å². The van der Waals surface area contributed by atoms with Gasteiger partial charge in [0.05, 0.1) is 6.54 Å². The van der Waals surface area contributed by atoms with Crippen LogP contribution in [0.15, 0.2) is 42.6 Å². The minimum atomic E-state index is 0.219. The van der Waals surface area contributed by atoms with Gasteiger partial charge in [-0.25, -0.2) is 0 Å². The molecule has 0 saturated heterocycles. The van der Waals surface area contributed by atoms with Gasteiger partial charge in [-0.3, -0.25) is 4.79 Å². The van der Waals surface area contributed by atoms with Crippen LogP contribution in [0.3, 0.4) is 0 Å². The van der Waals surface area contributed by atoms with Gasteiger partial charge in [-0.05, 0) is 44.9 Å². The molecule has 1 heterocycles. The van der Waals surface area contributed by atoms with E-state index in [2.05, 4.69) is 74.9 Å². The van der Waals surface area contributed by atoms with Gasteiger partial charge < -0.3 is 9.47 Å². The molecule has 0 aliphatic rings. The lowest BCUT2D eigenvalue weighted by atomic mass is 10.1. The van der Waals surface area contributed by atoms with Gasteiger partial charge in [-0.2, -0.15) is 0 Å². The number of carbonyl (C=O) groups is 1. The Hall–Kier alpha value is -2.03. The second kappa shape index (κ2) is 8.00. The molecule has 3 heteroatoms. The van der Waals surface area contributed by atoms with E-state index in [0.717, 1.165) is 13.0 Å². The van der Waals surface area contributed by atoms with Crippen molar-refractivity contribution >= 4 is 5.91 Å². The van der Waals surface area contributed by atoms with Gasteiger partial charge in [0.15, 0.2) is 0 Å². The molecule has 1 aromatic carbocycles. The first-order valence-corrected chi connectivity index (χ1v) is 8.50. The predicted octanol–water partition coefficient (Wildman–Crippen LogP) is 4.38. The van der Waals surface area contributed by atoms with Crippen molar-refractivity contribution in [2.75, 3.05) is 0 Å². The smallest absolute Gasteiger partial charge is 0.223 e. The van der Waals surface area contributed by atoms with Crippen LogP contribution in [0.25, 0.3) is 0 Å². The van der Waals surface area contributed by atoms with Gasteiger partial charge in [-0.15, -0.1) is 0 Å². The molecule has 0 radical (unpaired) electrons. The first-order valence-electron chi connectivity index (χ1n) is 8.50. The van der Waals surface area contributed by atoms with E-state index in [1.165, 1.54) is 16.8 Å². The second-order valence-corrected chi connectivity index (χ2v) is 6.48. The average molecular weight is 312 g/mol. The molecule has 0 aliphatic heterocycles. The highest BCUT2D eigenvalue weighted by Gasteiger charge is 2.17. The van der Waals surface area contributed by atoms with Gasteiger partial charge in [0.2, 0.25) is 5.91 Å². The van der Waals surface area contributed by atoms with Crippen LogP contribution in [0.4, 0.5) is 0 Å². The highest BCUT2D eigenvalue weighted by Crippen LogP contribution is 2.14. The molecule has 0 saturated carbocycles. The number of nitrogens with zero attached hydrogens (tertiary/aromatic N) is 2. The van der Waals surface area contributed by atoms with Crippen molar-refractivity contribution in [1.82, 2.24) is 9.47 Å². The van der Waals surface area contributed by atoms with Gasteiger partial charge >= 0.3 is 0 Å². The number of benzene rings is 1. The van der Waals surface area contributed by atoms with Gasteiger partial charge in [0.25, 0.3) is 0 Å². The molecule has 1 amide bonds. The molecule has 23 heavy (non-hydrogen) atoms. The maximum absolute atomic E-state index is 12.3. The summed E-state index contributed by atoms with van der Waals surface area (Å²) in [4.78, 5) is 14.3. The molecule has 2 aromatic rings. The Labute approximate surface area is 139 Å². The van der Waals surface area contributed by atoms with E-state index in [-0.39, 0.29) is 11.9 Å². The van der Waals surface area contributed by atoms with E-state index >= 15 is 0 Å². The Morgan fingerprint density at radius 1 is 1.22 bits per heavy atom. The highest BCUT2D eigenvalue weighted by atomic mass is 16.2. The number of hydrogen-bond acceptors (Lipinski definition) is 1. The molecule has 2 rings (SSSR count). The minimum Gasteiger partial charge on any atom is -0.345 e. The molecule has 3 nitrogen and oxygen atoms in total. The highest BCUT2D eigenvalue weighted by molar-refractivity contribution is 5.76. The van der Waals surface area contributed by atoms with E-state index in [4.69, 9.17) is 0 Å². The Kier molecular flexibility index (Phi) is 6.03. The zero-order valence-corrected chi connectivity index (χ0v) is 14.7. The fourth-order valence-electron chi connectivity index (χ4n) is 2.85. The summed E-state index contributed by atoms with van der Waals surface area (Å²) >= 11 is 0. The normalized spacial score (nSPS) is 11.0. The molecule has 0 spiro atoms. The first-order chi connectivity index (χ1) is 11.0. The number of carbonyl (C=O) groups excluding carboxylic acids is 1. The summed E-state index contributed by atoms with van der Waals surface area (Å²) in [5.74, 6) is 0.241. The molecule has 0 unspecified atom stereocenters. The van der Waals surface area contributed by atoms with Crippen molar-refractivity contribution in [1.29, 1.82) is 0 Å². The second-order valence-electron chi connectivity index (χ2n) is 6.48. The summed E-state index contributed by atoms with van der Waals surface area (Å²) in [5, 5.41) is 0. The molecule has 0 bridgehead atoms. The summed E-state index contributed by atoms with van der Waals surface area (Å²) in [7, 11) is 0. The van der Waals surface area contributed by atoms with Gasteiger partial charge in [0.1, 0.15) is 0 Å². The van der Waals surface area contributed by atoms with Crippen LogP contribution >= 0.6 is 0 Å². The summed E-state index contributed by atoms with van der Waals surface area (Å²) in [5.41, 5.74) is 3.75. The van der Waals surface area contributed by atoms with Crippen molar-refractivity contribution < 1.29 is 4.79 Å². The number of hydrogen-bond donors (Lipinski definition) is 0. The van der Waals surface area contributed by atoms with Crippen molar-refractivity contribution in [2.24, 2.45) is 0 Å². The Morgan fingerprint density at radius 3 is 2.65 bits per heavy atom. The fourth-order valence-corrected chi connectivity index (χ4v) is 2.85. The number of aromatic nitrogens is 1. The van der Waals surface area contributed by atoms with Crippen molar-refractivity contribution in [3.05, 3.63) is 59.4 Å². The lowest BCUT2D eigenvalue weighted by Gasteiger charge is -2.27. The van der Waals surface area contributed by atoms with E-state index in [1.54, 1.807) is 0 Å². The van der Waals surface area contributed by atoms with Crippen molar-refractivity contribution in [3.63, 3.8) is 0 Å². The fraction of sp³-hybridized carbons (Fsp3) is 0.450. The van der Waals surface area contributed by atoms with Crippen LogP contribution < -0.4 is 0 Å². The van der Waals surface area contributed by atoms with E-state index < -0.39 is 0 Å². The predicted molar refractivity (Wildman–Crippen MR) is 95.3 cm³/mol. The molecular formula is C20H28N2O. The van der Waals surface area contributed by atoms with Crippen LogP contribution in [-0.4, -0.2) is 21.4 Å². The number of amides is 1. The van der Waals surface area contributed by atoms with Crippen LogP contribution in [0.1, 0.15) is 50.4 Å². The Balaban J connectivity index is 2.14. The lowest BCUT2D eigenvalue weighted by Crippen LogP contribution is -2.36. The average Bonchev–Trinajstić information content (AvgIpc) is 2.91. The van der Waals surface area contributed by atoms with Crippen LogP contribution in [0.2, 0.25) is 0 Å². The van der Waals surface area contributed by atoms with Crippen molar-refractivity contribution in [3.8, 4) is 0 Å². The summed E-state index contributed by atoms with van der Waals surface area (Å²) in [6.07, 6.45) is 3.61. The summed E-state index contributed by atoms with van der Waals surface area (Å²) in [6.45, 7) is 9.86. The standard InChI is InChI=1S/C20H28N2O/c1-5-8-20(23)22(16(2)3)15-19-11-7-12-21(19)14-18-10-6-9-17(4)13-18/h6-7,9-13,16H,5,8,14-15H2,1-4H3. The third-order valence-corrected chi connectivity index (χ3v) is 4.10. The first kappa shape index (κ1) is 17.3. The van der Waals surface area contributed by atoms with Gasteiger partial charge in [-0.1, -0.05) is 36.8 Å². The largest absolute Gasteiger partial charge is 0.345 e. The van der Waals surface area contributed by atoms with Gasteiger partial charge in [0, 0.05) is 30.9 Å². The van der Waals surface area contributed by atoms with Crippen LogP contribution in [0.5, 0.6) is 0 Å². The molecular weight excluding hydrogens is 284 g/mol. The zero-order chi connectivity index (χ0) is 16.8. The van der Waals surface area contributed by atoms with E-state index in [1.807, 2.05) is 4.90 Å².